The third-order valence-electron chi connectivity index (χ3n) is 3.11. The van der Waals surface area contributed by atoms with Gasteiger partial charge in [-0.05, 0) is 25.1 Å². The van der Waals surface area contributed by atoms with Crippen molar-refractivity contribution in [2.45, 2.75) is 19.6 Å². The molecular weight excluding hydrogens is 354 g/mol. The Morgan fingerprint density at radius 1 is 1.24 bits per heavy atom. The molecule has 0 fully saturated rings. The molecule has 0 radical (unpaired) electrons. The molecule has 21 heavy (non-hydrogen) atoms. The fourth-order valence-corrected chi connectivity index (χ4v) is 2.67. The van der Waals surface area contributed by atoms with E-state index < -0.39 is 0 Å². The first-order valence-electron chi connectivity index (χ1n) is 6.51. The summed E-state index contributed by atoms with van der Waals surface area (Å²) in [6.45, 7) is 2.29. The van der Waals surface area contributed by atoms with Gasteiger partial charge in [0.1, 0.15) is 18.1 Å². The lowest BCUT2D eigenvalue weighted by Crippen LogP contribution is -2.08. The third kappa shape index (κ3) is 4.13. The second-order valence-electron chi connectivity index (χ2n) is 4.72. The molecule has 0 heterocycles. The average molecular weight is 371 g/mol. The molecule has 0 bridgehead atoms. The molecule has 2 N–H and O–H groups in total. The van der Waals surface area contributed by atoms with Crippen LogP contribution in [-0.2, 0) is 6.61 Å². The van der Waals surface area contributed by atoms with Gasteiger partial charge in [0.25, 0.3) is 0 Å². The summed E-state index contributed by atoms with van der Waals surface area (Å²) in [6.07, 6.45) is 0. The second-order valence-corrected chi connectivity index (χ2v) is 6.04. The molecule has 0 spiro atoms. The van der Waals surface area contributed by atoms with E-state index >= 15 is 0 Å². The smallest absolute Gasteiger partial charge is 0.128 e. The fourth-order valence-electron chi connectivity index (χ4n) is 1.94. The summed E-state index contributed by atoms with van der Waals surface area (Å²) in [5.74, 6) is 1.44. The van der Waals surface area contributed by atoms with Crippen LogP contribution < -0.4 is 15.2 Å². The Hall–Kier alpha value is -1.23. The van der Waals surface area contributed by atoms with Gasteiger partial charge in [-0.3, -0.25) is 0 Å². The van der Waals surface area contributed by atoms with E-state index in [9.17, 15) is 0 Å². The highest BCUT2D eigenvalue weighted by atomic mass is 79.9. The summed E-state index contributed by atoms with van der Waals surface area (Å²) >= 11 is 9.58. The van der Waals surface area contributed by atoms with Crippen molar-refractivity contribution in [2.24, 2.45) is 5.73 Å². The predicted molar refractivity (Wildman–Crippen MR) is 89.1 cm³/mol. The maximum absolute atomic E-state index is 6.20. The maximum Gasteiger partial charge on any atom is 0.128 e. The normalized spacial score (nSPS) is 12.0. The number of benzene rings is 2. The van der Waals surface area contributed by atoms with Crippen molar-refractivity contribution < 1.29 is 9.47 Å². The lowest BCUT2D eigenvalue weighted by atomic mass is 10.1. The van der Waals surface area contributed by atoms with E-state index in [0.717, 1.165) is 21.3 Å². The topological polar surface area (TPSA) is 44.5 Å². The maximum atomic E-state index is 6.20. The van der Waals surface area contributed by atoms with Gasteiger partial charge >= 0.3 is 0 Å². The van der Waals surface area contributed by atoms with Crippen LogP contribution in [0.1, 0.15) is 24.1 Å². The SMILES string of the molecule is COc1ccc(C(C)N)c(OCc2ccc(Br)cc2Cl)c1. The predicted octanol–water partition coefficient (Wildman–Crippen LogP) is 4.71. The van der Waals surface area contributed by atoms with Crippen molar-refractivity contribution in [2.75, 3.05) is 7.11 Å². The van der Waals surface area contributed by atoms with Crippen LogP contribution in [0.15, 0.2) is 40.9 Å². The summed E-state index contributed by atoms with van der Waals surface area (Å²) in [5, 5.41) is 0.662. The van der Waals surface area contributed by atoms with Gasteiger partial charge in [0, 0.05) is 32.7 Å². The molecule has 2 aromatic carbocycles. The molecule has 112 valence electrons. The fraction of sp³-hybridized carbons (Fsp3) is 0.250. The Labute approximate surface area is 138 Å². The zero-order chi connectivity index (χ0) is 15.4. The van der Waals surface area contributed by atoms with Crippen molar-refractivity contribution in [3.05, 3.63) is 57.0 Å². The summed E-state index contributed by atoms with van der Waals surface area (Å²) in [7, 11) is 1.62. The molecular formula is C16H17BrClNO2. The highest BCUT2D eigenvalue weighted by molar-refractivity contribution is 9.10. The molecule has 3 nitrogen and oxygen atoms in total. The molecule has 0 saturated heterocycles. The average Bonchev–Trinajstić information content (AvgIpc) is 2.45. The van der Waals surface area contributed by atoms with E-state index in [1.54, 1.807) is 7.11 Å². The summed E-state index contributed by atoms with van der Waals surface area (Å²) in [5.41, 5.74) is 7.82. The highest BCUT2D eigenvalue weighted by Crippen LogP contribution is 2.30. The minimum Gasteiger partial charge on any atom is -0.497 e. The number of nitrogens with two attached hydrogens (primary N) is 1. The number of halogens is 2. The van der Waals surface area contributed by atoms with Crippen LogP contribution in [0.2, 0.25) is 5.02 Å². The van der Waals surface area contributed by atoms with E-state index in [0.29, 0.717) is 17.4 Å². The quantitative estimate of drug-likeness (QED) is 0.829. The molecule has 2 aromatic rings. The summed E-state index contributed by atoms with van der Waals surface area (Å²) in [6, 6.07) is 11.2. The Balaban J connectivity index is 2.22. The molecule has 0 amide bonds. The van der Waals surface area contributed by atoms with Crippen molar-refractivity contribution >= 4 is 27.5 Å². The zero-order valence-corrected chi connectivity index (χ0v) is 14.2. The van der Waals surface area contributed by atoms with Crippen molar-refractivity contribution in [1.29, 1.82) is 0 Å². The molecule has 1 atom stereocenters. The van der Waals surface area contributed by atoms with Crippen LogP contribution in [0.3, 0.4) is 0 Å². The number of methoxy groups -OCH3 is 1. The minimum absolute atomic E-state index is 0.119. The van der Waals surface area contributed by atoms with Crippen molar-refractivity contribution in [3.63, 3.8) is 0 Å². The van der Waals surface area contributed by atoms with Gasteiger partial charge in [0.2, 0.25) is 0 Å². The molecule has 0 aliphatic carbocycles. The Kier molecular flexibility index (Phi) is 5.51. The monoisotopic (exact) mass is 369 g/mol. The molecule has 0 saturated carbocycles. The third-order valence-corrected chi connectivity index (χ3v) is 3.95. The van der Waals surface area contributed by atoms with Gasteiger partial charge in [-0.15, -0.1) is 0 Å². The van der Waals surface area contributed by atoms with E-state index in [1.165, 1.54) is 0 Å². The molecule has 2 rings (SSSR count). The second kappa shape index (κ2) is 7.16. The molecule has 5 heteroatoms. The van der Waals surface area contributed by atoms with Crippen LogP contribution in [0.5, 0.6) is 11.5 Å². The summed E-state index contributed by atoms with van der Waals surface area (Å²) in [4.78, 5) is 0. The zero-order valence-electron chi connectivity index (χ0n) is 11.9. The van der Waals surface area contributed by atoms with E-state index in [4.69, 9.17) is 26.8 Å². The first-order valence-corrected chi connectivity index (χ1v) is 7.68. The van der Waals surface area contributed by atoms with Gasteiger partial charge in [0.15, 0.2) is 0 Å². The first-order chi connectivity index (χ1) is 10.0. The highest BCUT2D eigenvalue weighted by Gasteiger charge is 2.11. The molecule has 0 aliphatic heterocycles. The molecule has 0 aromatic heterocycles. The lowest BCUT2D eigenvalue weighted by Gasteiger charge is -2.16. The molecule has 1 unspecified atom stereocenters. The van der Waals surface area contributed by atoms with Crippen LogP contribution in [0.4, 0.5) is 0 Å². The van der Waals surface area contributed by atoms with Gasteiger partial charge in [-0.2, -0.15) is 0 Å². The van der Waals surface area contributed by atoms with E-state index in [1.807, 2.05) is 43.3 Å². The van der Waals surface area contributed by atoms with Crippen LogP contribution in [0.25, 0.3) is 0 Å². The van der Waals surface area contributed by atoms with Crippen LogP contribution in [0, 0.1) is 0 Å². The van der Waals surface area contributed by atoms with Crippen LogP contribution >= 0.6 is 27.5 Å². The number of hydrogen-bond donors (Lipinski definition) is 1. The Morgan fingerprint density at radius 2 is 2.00 bits per heavy atom. The number of rotatable bonds is 5. The Bertz CT molecular complexity index is 632. The standard InChI is InChI=1S/C16H17BrClNO2/c1-10(19)14-6-5-13(20-2)8-16(14)21-9-11-3-4-12(17)7-15(11)18/h3-8,10H,9,19H2,1-2H3. The minimum atomic E-state index is -0.119. The molecule has 0 aliphatic rings. The van der Waals surface area contributed by atoms with Crippen molar-refractivity contribution in [1.82, 2.24) is 0 Å². The van der Waals surface area contributed by atoms with E-state index in [2.05, 4.69) is 15.9 Å². The lowest BCUT2D eigenvalue weighted by molar-refractivity contribution is 0.299. The number of ether oxygens (including phenoxy) is 2. The van der Waals surface area contributed by atoms with Crippen LogP contribution in [-0.4, -0.2) is 7.11 Å². The van der Waals surface area contributed by atoms with Gasteiger partial charge in [-0.25, -0.2) is 0 Å². The Morgan fingerprint density at radius 3 is 2.62 bits per heavy atom. The number of hydrogen-bond acceptors (Lipinski definition) is 3. The van der Waals surface area contributed by atoms with Gasteiger partial charge in [0.05, 0.1) is 7.11 Å². The van der Waals surface area contributed by atoms with Crippen molar-refractivity contribution in [3.8, 4) is 11.5 Å². The first kappa shape index (κ1) is 16.1. The largest absolute Gasteiger partial charge is 0.497 e. The van der Waals surface area contributed by atoms with E-state index in [-0.39, 0.29) is 6.04 Å². The van der Waals surface area contributed by atoms with Gasteiger partial charge < -0.3 is 15.2 Å². The van der Waals surface area contributed by atoms with Gasteiger partial charge in [-0.1, -0.05) is 39.7 Å². The summed E-state index contributed by atoms with van der Waals surface area (Å²) < 4.78 is 12.1.